The van der Waals surface area contributed by atoms with E-state index in [-0.39, 0.29) is 0 Å². The summed E-state index contributed by atoms with van der Waals surface area (Å²) in [6.07, 6.45) is 2.50. The highest BCUT2D eigenvalue weighted by atomic mass is 32.2. The van der Waals surface area contributed by atoms with Gasteiger partial charge in [-0.25, -0.2) is 0 Å². The van der Waals surface area contributed by atoms with Gasteiger partial charge >= 0.3 is 6.01 Å². The lowest BCUT2D eigenvalue weighted by molar-refractivity contribution is 0.198. The third-order valence-corrected chi connectivity index (χ3v) is 2.97. The monoisotopic (exact) mass is 276 g/mol. The zero-order chi connectivity index (χ0) is 13.2. The largest absolute Gasteiger partial charge is 0.407 e. The predicted octanol–water partition coefficient (Wildman–Crippen LogP) is -0.0139. The third-order valence-electron chi connectivity index (χ3n) is 2.11. The molecule has 8 heteroatoms. The van der Waals surface area contributed by atoms with Crippen LogP contribution in [0.3, 0.4) is 0 Å². The number of nitrogens with one attached hydrogen (secondary N) is 2. The van der Waals surface area contributed by atoms with Crippen LogP contribution in [0, 0.1) is 0 Å². The normalized spacial score (nSPS) is 12.6. The summed E-state index contributed by atoms with van der Waals surface area (Å²) in [6.45, 7) is 2.59. The van der Waals surface area contributed by atoms with Crippen molar-refractivity contribution in [2.45, 2.75) is 13.0 Å². The topological polar surface area (TPSA) is 89.3 Å². The van der Waals surface area contributed by atoms with Crippen LogP contribution in [0.4, 0.5) is 6.01 Å². The fourth-order valence-electron chi connectivity index (χ4n) is 1.24. The molecule has 0 aliphatic heterocycles. The first kappa shape index (κ1) is 15.1. The summed E-state index contributed by atoms with van der Waals surface area (Å²) in [6, 6.07) is 0.403. The number of methoxy groups -OCH3 is 1. The number of hydrogen-bond acceptors (Lipinski definition) is 7. The van der Waals surface area contributed by atoms with E-state index in [1.54, 1.807) is 13.4 Å². The van der Waals surface area contributed by atoms with Gasteiger partial charge in [-0.05, 0) is 6.42 Å². The second-order valence-electron chi connectivity index (χ2n) is 3.73. The van der Waals surface area contributed by atoms with E-state index in [4.69, 9.17) is 9.15 Å². The number of ether oxygens (including phenoxy) is 1. The third kappa shape index (κ3) is 6.67. The number of hydrogen-bond donors (Lipinski definition) is 2. The van der Waals surface area contributed by atoms with Gasteiger partial charge in [0, 0.05) is 43.0 Å². The fourth-order valence-corrected chi connectivity index (χ4v) is 1.79. The molecule has 0 aliphatic carbocycles. The SMILES string of the molecule is COCCNCc1nnc(NCCCS(C)=O)o1. The standard InChI is InChI=1S/C10H20N4O3S/c1-16-6-5-11-8-9-13-14-10(17-9)12-4-3-7-18(2)15/h11H,3-8H2,1-2H3,(H,12,14). The van der Waals surface area contributed by atoms with Crippen molar-refractivity contribution in [2.75, 3.05) is 44.1 Å². The molecule has 18 heavy (non-hydrogen) atoms. The Hall–Kier alpha value is -0.990. The van der Waals surface area contributed by atoms with E-state index in [0.717, 1.165) is 13.0 Å². The predicted molar refractivity (Wildman–Crippen MR) is 69.9 cm³/mol. The Morgan fingerprint density at radius 1 is 1.39 bits per heavy atom. The quantitative estimate of drug-likeness (QED) is 0.581. The zero-order valence-electron chi connectivity index (χ0n) is 10.8. The average Bonchev–Trinajstić information content (AvgIpc) is 2.78. The Kier molecular flexibility index (Phi) is 7.54. The molecule has 104 valence electrons. The summed E-state index contributed by atoms with van der Waals surface area (Å²) in [5.74, 6) is 1.21. The number of aromatic nitrogens is 2. The molecule has 1 aromatic rings. The van der Waals surface area contributed by atoms with Gasteiger partial charge in [-0.2, -0.15) is 0 Å². The smallest absolute Gasteiger partial charge is 0.315 e. The van der Waals surface area contributed by atoms with Crippen molar-refractivity contribution in [3.05, 3.63) is 5.89 Å². The van der Waals surface area contributed by atoms with E-state index >= 15 is 0 Å². The van der Waals surface area contributed by atoms with Gasteiger partial charge in [0.05, 0.1) is 13.2 Å². The van der Waals surface area contributed by atoms with Gasteiger partial charge in [-0.15, -0.1) is 5.10 Å². The molecule has 0 fully saturated rings. The summed E-state index contributed by atoms with van der Waals surface area (Å²) >= 11 is 0. The summed E-state index contributed by atoms with van der Waals surface area (Å²) in [7, 11) is 0.899. The van der Waals surface area contributed by atoms with Crippen LogP contribution in [-0.4, -0.2) is 53.2 Å². The van der Waals surface area contributed by atoms with Crippen molar-refractivity contribution in [2.24, 2.45) is 0 Å². The van der Waals surface area contributed by atoms with Crippen LogP contribution < -0.4 is 10.6 Å². The second kappa shape index (κ2) is 9.01. The number of rotatable bonds is 10. The summed E-state index contributed by atoms with van der Waals surface area (Å²) in [4.78, 5) is 0. The number of nitrogens with zero attached hydrogens (tertiary/aromatic N) is 2. The number of anilines is 1. The van der Waals surface area contributed by atoms with Crippen molar-refractivity contribution in [1.29, 1.82) is 0 Å². The Morgan fingerprint density at radius 2 is 2.22 bits per heavy atom. The lowest BCUT2D eigenvalue weighted by Crippen LogP contribution is -2.18. The highest BCUT2D eigenvalue weighted by Gasteiger charge is 2.04. The van der Waals surface area contributed by atoms with E-state index in [9.17, 15) is 4.21 Å². The molecule has 1 atom stereocenters. The van der Waals surface area contributed by atoms with E-state index in [0.29, 0.717) is 37.4 Å². The highest BCUT2D eigenvalue weighted by Crippen LogP contribution is 2.04. The highest BCUT2D eigenvalue weighted by molar-refractivity contribution is 7.84. The van der Waals surface area contributed by atoms with Crippen molar-refractivity contribution < 1.29 is 13.4 Å². The van der Waals surface area contributed by atoms with Gasteiger partial charge in [0.25, 0.3) is 0 Å². The van der Waals surface area contributed by atoms with Gasteiger partial charge in [-0.3, -0.25) is 4.21 Å². The van der Waals surface area contributed by atoms with E-state index in [1.807, 2.05) is 0 Å². The minimum atomic E-state index is -0.753. The fraction of sp³-hybridized carbons (Fsp3) is 0.800. The lowest BCUT2D eigenvalue weighted by atomic mass is 10.5. The van der Waals surface area contributed by atoms with Crippen LogP contribution in [0.5, 0.6) is 0 Å². The summed E-state index contributed by atoms with van der Waals surface area (Å²) < 4.78 is 21.1. The first-order valence-electron chi connectivity index (χ1n) is 5.78. The molecule has 0 amide bonds. The van der Waals surface area contributed by atoms with Crippen LogP contribution in [0.1, 0.15) is 12.3 Å². The van der Waals surface area contributed by atoms with Gasteiger partial charge < -0.3 is 19.8 Å². The molecule has 1 rings (SSSR count). The molecule has 7 nitrogen and oxygen atoms in total. The first-order valence-corrected chi connectivity index (χ1v) is 7.51. The van der Waals surface area contributed by atoms with Crippen molar-refractivity contribution >= 4 is 16.8 Å². The summed E-state index contributed by atoms with van der Waals surface area (Å²) in [5.41, 5.74) is 0. The molecule has 1 heterocycles. The Balaban J connectivity index is 2.15. The van der Waals surface area contributed by atoms with Crippen LogP contribution >= 0.6 is 0 Å². The van der Waals surface area contributed by atoms with Gasteiger partial charge in [0.2, 0.25) is 5.89 Å². The molecule has 0 aliphatic rings. The van der Waals surface area contributed by atoms with Gasteiger partial charge in [-0.1, -0.05) is 5.10 Å². The van der Waals surface area contributed by atoms with Crippen molar-refractivity contribution in [3.8, 4) is 0 Å². The van der Waals surface area contributed by atoms with Crippen molar-refractivity contribution in [1.82, 2.24) is 15.5 Å². The molecule has 1 aromatic heterocycles. The first-order chi connectivity index (χ1) is 8.72. The molecule has 0 bridgehead atoms. The molecular formula is C10H20N4O3S. The molecule has 0 spiro atoms. The second-order valence-corrected chi connectivity index (χ2v) is 5.28. The van der Waals surface area contributed by atoms with E-state index in [2.05, 4.69) is 20.8 Å². The Morgan fingerprint density at radius 3 is 2.94 bits per heavy atom. The van der Waals surface area contributed by atoms with Crippen molar-refractivity contribution in [3.63, 3.8) is 0 Å². The molecule has 0 saturated carbocycles. The minimum absolute atomic E-state index is 0.403. The zero-order valence-corrected chi connectivity index (χ0v) is 11.6. The maximum Gasteiger partial charge on any atom is 0.315 e. The molecule has 0 saturated heterocycles. The molecule has 2 N–H and O–H groups in total. The lowest BCUT2D eigenvalue weighted by Gasteiger charge is -2.00. The maximum atomic E-state index is 10.8. The molecule has 0 radical (unpaired) electrons. The molecule has 1 unspecified atom stereocenters. The van der Waals surface area contributed by atoms with Crippen LogP contribution in [0.15, 0.2) is 4.42 Å². The molecular weight excluding hydrogens is 256 g/mol. The van der Waals surface area contributed by atoms with E-state index in [1.165, 1.54) is 0 Å². The molecule has 0 aromatic carbocycles. The Bertz CT molecular complexity index is 359. The average molecular weight is 276 g/mol. The maximum absolute atomic E-state index is 10.8. The van der Waals surface area contributed by atoms with Crippen LogP contribution in [0.2, 0.25) is 0 Å². The van der Waals surface area contributed by atoms with E-state index < -0.39 is 10.8 Å². The van der Waals surface area contributed by atoms with Gasteiger partial charge in [0.15, 0.2) is 0 Å². The Labute approximate surface area is 109 Å². The van der Waals surface area contributed by atoms with Crippen LogP contribution in [-0.2, 0) is 22.1 Å². The van der Waals surface area contributed by atoms with Gasteiger partial charge in [0.1, 0.15) is 0 Å². The van der Waals surface area contributed by atoms with Crippen LogP contribution in [0.25, 0.3) is 0 Å². The minimum Gasteiger partial charge on any atom is -0.407 e. The summed E-state index contributed by atoms with van der Waals surface area (Å²) in [5, 5.41) is 13.8.